The molecular formula is C18H30N2. The Morgan fingerprint density at radius 1 is 1.05 bits per heavy atom. The number of aryl methyl sites for hydroxylation is 2. The monoisotopic (exact) mass is 274 g/mol. The third kappa shape index (κ3) is 4.32. The van der Waals surface area contributed by atoms with Crippen molar-refractivity contribution >= 4 is 0 Å². The highest BCUT2D eigenvalue weighted by Gasteiger charge is 2.15. The van der Waals surface area contributed by atoms with E-state index in [1.807, 2.05) is 0 Å². The van der Waals surface area contributed by atoms with E-state index in [4.69, 9.17) is 0 Å². The topological polar surface area (TPSA) is 15.3 Å². The number of piperidine rings is 1. The molecule has 1 N–H and O–H groups in total. The molecule has 2 heteroatoms. The van der Waals surface area contributed by atoms with E-state index >= 15 is 0 Å². The average molecular weight is 274 g/mol. The van der Waals surface area contributed by atoms with E-state index < -0.39 is 0 Å². The highest BCUT2D eigenvalue weighted by atomic mass is 15.2. The van der Waals surface area contributed by atoms with Crippen molar-refractivity contribution in [1.29, 1.82) is 0 Å². The van der Waals surface area contributed by atoms with Gasteiger partial charge in [-0.15, -0.1) is 0 Å². The highest BCUT2D eigenvalue weighted by molar-refractivity contribution is 5.31. The van der Waals surface area contributed by atoms with Crippen LogP contribution in [0.15, 0.2) is 18.2 Å². The Morgan fingerprint density at radius 2 is 1.75 bits per heavy atom. The molecular weight excluding hydrogens is 244 g/mol. The first-order valence-corrected chi connectivity index (χ1v) is 8.12. The van der Waals surface area contributed by atoms with Gasteiger partial charge < -0.3 is 10.2 Å². The van der Waals surface area contributed by atoms with Crippen molar-refractivity contribution in [2.24, 2.45) is 0 Å². The van der Waals surface area contributed by atoms with Gasteiger partial charge in [0, 0.05) is 18.6 Å². The summed E-state index contributed by atoms with van der Waals surface area (Å²) in [5.74, 6) is 0. The van der Waals surface area contributed by atoms with E-state index in [0.29, 0.717) is 12.1 Å². The molecule has 0 bridgehead atoms. The van der Waals surface area contributed by atoms with Gasteiger partial charge in [-0.25, -0.2) is 0 Å². The van der Waals surface area contributed by atoms with Crippen LogP contribution in [0.25, 0.3) is 0 Å². The van der Waals surface area contributed by atoms with Crippen LogP contribution in [0.5, 0.6) is 0 Å². The van der Waals surface area contributed by atoms with Gasteiger partial charge in [0.1, 0.15) is 0 Å². The molecule has 2 nitrogen and oxygen atoms in total. The number of hydrogen-bond donors (Lipinski definition) is 1. The minimum atomic E-state index is 0.425. The van der Waals surface area contributed by atoms with Crippen LogP contribution in [-0.2, 0) is 0 Å². The van der Waals surface area contributed by atoms with Crippen LogP contribution in [0.3, 0.4) is 0 Å². The van der Waals surface area contributed by atoms with Crippen molar-refractivity contribution in [3.8, 4) is 0 Å². The van der Waals surface area contributed by atoms with Gasteiger partial charge in [-0.3, -0.25) is 0 Å². The lowest BCUT2D eigenvalue weighted by atomic mass is 10.0. The van der Waals surface area contributed by atoms with E-state index in [9.17, 15) is 0 Å². The van der Waals surface area contributed by atoms with Crippen LogP contribution >= 0.6 is 0 Å². The maximum absolute atomic E-state index is 3.75. The average Bonchev–Trinajstić information content (AvgIpc) is 2.42. The number of likely N-dealkylation sites (tertiary alicyclic amines) is 1. The molecule has 2 unspecified atom stereocenters. The number of hydrogen-bond acceptors (Lipinski definition) is 2. The molecule has 1 fully saturated rings. The SMILES string of the molecule is Cc1ccc(C(C)NC(C)CN2CCCCC2)cc1C. The van der Waals surface area contributed by atoms with Crippen LogP contribution in [0.1, 0.15) is 55.8 Å². The summed E-state index contributed by atoms with van der Waals surface area (Å²) in [5, 5.41) is 3.75. The van der Waals surface area contributed by atoms with E-state index in [2.05, 4.69) is 56.1 Å². The molecule has 0 aromatic heterocycles. The molecule has 112 valence electrons. The standard InChI is InChI=1S/C18H30N2/c1-14-8-9-18(12-15(14)2)17(4)19-16(3)13-20-10-6-5-7-11-20/h8-9,12,16-17,19H,5-7,10-11,13H2,1-4H3. The van der Waals surface area contributed by atoms with Crippen molar-refractivity contribution in [2.75, 3.05) is 19.6 Å². The fourth-order valence-electron chi connectivity index (χ4n) is 3.14. The number of nitrogens with zero attached hydrogens (tertiary/aromatic N) is 1. The second kappa shape index (κ2) is 7.24. The molecule has 2 atom stereocenters. The number of nitrogens with one attached hydrogen (secondary N) is 1. The van der Waals surface area contributed by atoms with E-state index in [1.54, 1.807) is 0 Å². The van der Waals surface area contributed by atoms with Crippen LogP contribution in [0.4, 0.5) is 0 Å². The Bertz CT molecular complexity index is 421. The molecule has 0 spiro atoms. The van der Waals surface area contributed by atoms with E-state index in [-0.39, 0.29) is 0 Å². The molecule has 1 aliphatic heterocycles. The Labute approximate surface area is 124 Å². The first-order chi connectivity index (χ1) is 9.56. The minimum Gasteiger partial charge on any atom is -0.306 e. The summed E-state index contributed by atoms with van der Waals surface area (Å²) >= 11 is 0. The van der Waals surface area contributed by atoms with Crippen molar-refractivity contribution in [3.05, 3.63) is 34.9 Å². The van der Waals surface area contributed by atoms with Gasteiger partial charge in [-0.1, -0.05) is 24.6 Å². The van der Waals surface area contributed by atoms with Crippen molar-refractivity contribution < 1.29 is 0 Å². The normalized spacial score (nSPS) is 19.8. The van der Waals surface area contributed by atoms with Crippen molar-refractivity contribution in [1.82, 2.24) is 10.2 Å². The van der Waals surface area contributed by atoms with Crippen LogP contribution < -0.4 is 5.32 Å². The van der Waals surface area contributed by atoms with Crippen molar-refractivity contribution in [3.63, 3.8) is 0 Å². The summed E-state index contributed by atoms with van der Waals surface area (Å²) in [5.41, 5.74) is 4.17. The summed E-state index contributed by atoms with van der Waals surface area (Å²) in [6, 6.07) is 7.78. The summed E-state index contributed by atoms with van der Waals surface area (Å²) in [7, 11) is 0. The fourth-order valence-corrected chi connectivity index (χ4v) is 3.14. The smallest absolute Gasteiger partial charge is 0.0294 e. The first-order valence-electron chi connectivity index (χ1n) is 8.12. The molecule has 2 rings (SSSR count). The Balaban J connectivity index is 1.86. The van der Waals surface area contributed by atoms with Gasteiger partial charge in [0.15, 0.2) is 0 Å². The predicted octanol–water partition coefficient (Wildman–Crippen LogP) is 3.83. The lowest BCUT2D eigenvalue weighted by Gasteiger charge is -2.30. The predicted molar refractivity (Wildman–Crippen MR) is 87.2 cm³/mol. The maximum atomic E-state index is 3.75. The fraction of sp³-hybridized carbons (Fsp3) is 0.667. The summed E-state index contributed by atoms with van der Waals surface area (Å²) < 4.78 is 0. The molecule has 20 heavy (non-hydrogen) atoms. The third-order valence-corrected chi connectivity index (χ3v) is 4.55. The van der Waals surface area contributed by atoms with Gasteiger partial charge >= 0.3 is 0 Å². The van der Waals surface area contributed by atoms with Crippen molar-refractivity contribution in [2.45, 2.75) is 59.0 Å². The quantitative estimate of drug-likeness (QED) is 0.878. The second-order valence-corrected chi connectivity index (χ2v) is 6.49. The first kappa shape index (κ1) is 15.5. The molecule has 1 heterocycles. The molecule has 1 aliphatic rings. The Hall–Kier alpha value is -0.860. The van der Waals surface area contributed by atoms with Gasteiger partial charge in [0.25, 0.3) is 0 Å². The Kier molecular flexibility index (Phi) is 5.62. The Morgan fingerprint density at radius 3 is 2.40 bits per heavy atom. The number of rotatable bonds is 5. The molecule has 1 aromatic rings. The van der Waals surface area contributed by atoms with E-state index in [0.717, 1.165) is 0 Å². The maximum Gasteiger partial charge on any atom is 0.0294 e. The lowest BCUT2D eigenvalue weighted by Crippen LogP contribution is -2.42. The second-order valence-electron chi connectivity index (χ2n) is 6.49. The molecule has 0 amide bonds. The van der Waals surface area contributed by atoms with Gasteiger partial charge in [-0.2, -0.15) is 0 Å². The van der Waals surface area contributed by atoms with E-state index in [1.165, 1.54) is 55.6 Å². The molecule has 0 aliphatic carbocycles. The largest absolute Gasteiger partial charge is 0.306 e. The molecule has 0 saturated carbocycles. The van der Waals surface area contributed by atoms with Gasteiger partial charge in [0.2, 0.25) is 0 Å². The zero-order valence-corrected chi connectivity index (χ0v) is 13.6. The third-order valence-electron chi connectivity index (χ3n) is 4.55. The summed E-state index contributed by atoms with van der Waals surface area (Å²) in [6.45, 7) is 12.7. The molecule has 1 aromatic carbocycles. The van der Waals surface area contributed by atoms with Crippen LogP contribution in [-0.4, -0.2) is 30.6 Å². The zero-order valence-electron chi connectivity index (χ0n) is 13.6. The number of benzene rings is 1. The summed E-state index contributed by atoms with van der Waals surface area (Å²) in [4.78, 5) is 2.61. The lowest BCUT2D eigenvalue weighted by molar-refractivity contribution is 0.205. The van der Waals surface area contributed by atoms with Gasteiger partial charge in [-0.05, 0) is 70.3 Å². The van der Waals surface area contributed by atoms with Crippen LogP contribution in [0.2, 0.25) is 0 Å². The van der Waals surface area contributed by atoms with Gasteiger partial charge in [0.05, 0.1) is 0 Å². The zero-order chi connectivity index (χ0) is 14.5. The molecule has 0 radical (unpaired) electrons. The minimum absolute atomic E-state index is 0.425. The molecule has 1 saturated heterocycles. The summed E-state index contributed by atoms with van der Waals surface area (Å²) in [6.07, 6.45) is 4.16. The van der Waals surface area contributed by atoms with Crippen LogP contribution in [0, 0.1) is 13.8 Å². The highest BCUT2D eigenvalue weighted by Crippen LogP contribution is 2.17.